The zero-order valence-electron chi connectivity index (χ0n) is 15.0. The highest BCUT2D eigenvalue weighted by atomic mass is 28.3. The van der Waals surface area contributed by atoms with E-state index in [-0.39, 0.29) is 0 Å². The first kappa shape index (κ1) is 19.0. The van der Waals surface area contributed by atoms with E-state index in [4.69, 9.17) is 4.74 Å². The molecule has 0 aromatic heterocycles. The molecule has 0 unspecified atom stereocenters. The van der Waals surface area contributed by atoms with Crippen LogP contribution in [0.25, 0.3) is 0 Å². The van der Waals surface area contributed by atoms with Crippen molar-refractivity contribution in [3.05, 3.63) is 29.3 Å². The van der Waals surface area contributed by atoms with E-state index in [9.17, 15) is 13.2 Å². The zero-order chi connectivity index (χ0) is 18.2. The summed E-state index contributed by atoms with van der Waals surface area (Å²) < 4.78 is 45.3. The number of rotatable bonds is 5. The minimum absolute atomic E-state index is 0.369. The molecule has 1 aromatic carbocycles. The molecule has 0 spiro atoms. The van der Waals surface area contributed by atoms with Crippen molar-refractivity contribution in [2.75, 3.05) is 6.61 Å². The first-order chi connectivity index (χ1) is 11.1. The Morgan fingerprint density at radius 3 is 2.12 bits per heavy atom. The topological polar surface area (TPSA) is 21.6 Å². The Kier molecular flexibility index (Phi) is 5.19. The molecule has 2 nitrogen and oxygen atoms in total. The maximum Gasteiger partial charge on any atom is 0.416 e. The number of hydrogen-bond donors (Lipinski definition) is 0. The van der Waals surface area contributed by atoms with Crippen LogP contribution in [-0.4, -0.2) is 26.1 Å². The number of ether oxygens (including phenoxy) is 1. The Labute approximate surface area is 143 Å². The fraction of sp³-hybridized carbons (Fsp3) is 0.611. The molecule has 24 heavy (non-hydrogen) atoms. The van der Waals surface area contributed by atoms with Crippen LogP contribution in [0.1, 0.15) is 45.7 Å². The molecule has 2 rings (SSSR count). The predicted octanol–water partition coefficient (Wildman–Crippen LogP) is 4.98. The molecule has 6 heteroatoms. The first-order valence-corrected chi connectivity index (χ1v) is 11.2. The van der Waals surface area contributed by atoms with Gasteiger partial charge in [-0.1, -0.05) is 51.0 Å². The Hall–Kier alpha value is -1.30. The van der Waals surface area contributed by atoms with Gasteiger partial charge in [-0.3, -0.25) is 0 Å². The van der Waals surface area contributed by atoms with Crippen molar-refractivity contribution < 1.29 is 17.9 Å². The van der Waals surface area contributed by atoms with Gasteiger partial charge < -0.3 is 4.74 Å². The quantitative estimate of drug-likeness (QED) is 0.681. The average Bonchev–Trinajstić information content (AvgIpc) is 2.89. The van der Waals surface area contributed by atoms with Crippen LogP contribution in [-0.2, 0) is 10.9 Å². The van der Waals surface area contributed by atoms with Gasteiger partial charge in [-0.15, -0.1) is 0 Å². The highest BCUT2D eigenvalue weighted by Crippen LogP contribution is 2.32. The van der Waals surface area contributed by atoms with Gasteiger partial charge in [-0.2, -0.15) is 13.2 Å². The second-order valence-corrected chi connectivity index (χ2v) is 12.3. The lowest BCUT2D eigenvalue weighted by Crippen LogP contribution is -2.48. The number of halogens is 3. The summed E-state index contributed by atoms with van der Waals surface area (Å²) in [5.41, 5.74) is -0.480. The third-order valence-electron chi connectivity index (χ3n) is 5.15. The van der Waals surface area contributed by atoms with Crippen LogP contribution < -0.4 is 5.19 Å². The molecular formula is C18H26F3NOSi. The van der Waals surface area contributed by atoms with Gasteiger partial charge in [-0.05, 0) is 25.1 Å². The van der Waals surface area contributed by atoms with Crippen LogP contribution in [0.5, 0.6) is 0 Å². The van der Waals surface area contributed by atoms with E-state index in [1.165, 1.54) is 12.1 Å². The molecule has 0 radical (unpaired) electrons. The predicted molar refractivity (Wildman–Crippen MR) is 94.8 cm³/mol. The lowest BCUT2D eigenvalue weighted by molar-refractivity contribution is -0.137. The van der Waals surface area contributed by atoms with Gasteiger partial charge in [0.25, 0.3) is 0 Å². The Balaban J connectivity index is 2.68. The average molecular weight is 357 g/mol. The molecule has 0 atom stereocenters. The second kappa shape index (κ2) is 6.54. The van der Waals surface area contributed by atoms with E-state index in [0.717, 1.165) is 23.3 Å². The highest BCUT2D eigenvalue weighted by molar-refractivity contribution is 6.92. The van der Waals surface area contributed by atoms with Crippen LogP contribution in [0.2, 0.25) is 18.1 Å². The van der Waals surface area contributed by atoms with Crippen molar-refractivity contribution in [3.63, 3.8) is 0 Å². The summed E-state index contributed by atoms with van der Waals surface area (Å²) in [6, 6.07) is 7.11. The number of nitrogens with zero attached hydrogens (tertiary/aromatic N) is 1. The smallest absolute Gasteiger partial charge is 0.416 e. The molecular weight excluding hydrogens is 331 g/mol. The molecule has 0 aliphatic carbocycles. The Morgan fingerprint density at radius 1 is 1.12 bits per heavy atom. The molecule has 134 valence electrons. The lowest BCUT2D eigenvalue weighted by Gasteiger charge is -2.31. The van der Waals surface area contributed by atoms with Crippen molar-refractivity contribution in [3.8, 4) is 0 Å². The van der Waals surface area contributed by atoms with Crippen molar-refractivity contribution in [1.82, 2.24) is 0 Å². The molecule has 0 saturated heterocycles. The van der Waals surface area contributed by atoms with Gasteiger partial charge in [0, 0.05) is 5.56 Å². The summed E-state index contributed by atoms with van der Waals surface area (Å²) in [5, 5.41) is 1.04. The molecule has 0 saturated carbocycles. The van der Waals surface area contributed by atoms with Gasteiger partial charge in [0.05, 0.1) is 19.2 Å². The van der Waals surface area contributed by atoms with E-state index < -0.39 is 25.4 Å². The standard InChI is InChI=1S/C18H26F3NOSi/c1-6-24(7-2,8-3)15-10-9-13(18(19,20)21)11-14(15)16-22-17(4,5)12-23-16/h9-11H,6-8,12H2,1-5H3. The minimum Gasteiger partial charge on any atom is -0.475 e. The number of hydrogen-bond acceptors (Lipinski definition) is 2. The fourth-order valence-corrected chi connectivity index (χ4v) is 7.23. The summed E-state index contributed by atoms with van der Waals surface area (Å²) in [4.78, 5) is 4.54. The van der Waals surface area contributed by atoms with Gasteiger partial charge >= 0.3 is 6.18 Å². The monoisotopic (exact) mass is 357 g/mol. The molecule has 1 aromatic rings. The molecule has 0 fully saturated rings. The van der Waals surface area contributed by atoms with Crippen LogP contribution in [0.3, 0.4) is 0 Å². The van der Waals surface area contributed by atoms with E-state index in [1.807, 2.05) is 13.8 Å². The van der Waals surface area contributed by atoms with Gasteiger partial charge in [0.15, 0.2) is 0 Å². The van der Waals surface area contributed by atoms with Crippen LogP contribution >= 0.6 is 0 Å². The SMILES string of the molecule is CC[Si](CC)(CC)c1ccc(C(F)(F)F)cc1C1=NC(C)(C)CO1. The summed E-state index contributed by atoms with van der Waals surface area (Å²) >= 11 is 0. The normalized spacial score (nSPS) is 17.6. The number of benzene rings is 1. The van der Waals surface area contributed by atoms with Crippen LogP contribution in [0, 0.1) is 0 Å². The molecule has 0 N–H and O–H groups in total. The largest absolute Gasteiger partial charge is 0.475 e. The minimum atomic E-state index is -4.36. The summed E-state index contributed by atoms with van der Waals surface area (Å²) in [6.45, 7) is 10.7. The zero-order valence-corrected chi connectivity index (χ0v) is 16.0. The number of alkyl halides is 3. The van der Waals surface area contributed by atoms with Gasteiger partial charge in [0.1, 0.15) is 6.61 Å². The van der Waals surface area contributed by atoms with Crippen LogP contribution in [0.4, 0.5) is 13.2 Å². The molecule has 0 bridgehead atoms. The maximum absolute atomic E-state index is 13.2. The van der Waals surface area contributed by atoms with Gasteiger partial charge in [-0.25, -0.2) is 4.99 Å². The van der Waals surface area contributed by atoms with Crippen molar-refractivity contribution in [2.24, 2.45) is 4.99 Å². The highest BCUT2D eigenvalue weighted by Gasteiger charge is 2.38. The summed E-state index contributed by atoms with van der Waals surface area (Å²) in [6.07, 6.45) is -4.36. The molecule has 1 aliphatic rings. The van der Waals surface area contributed by atoms with Gasteiger partial charge in [0.2, 0.25) is 5.90 Å². The summed E-state index contributed by atoms with van der Waals surface area (Å²) in [5.74, 6) is 0.369. The molecule has 1 aliphatic heterocycles. The first-order valence-electron chi connectivity index (χ1n) is 8.53. The second-order valence-electron chi connectivity index (χ2n) is 7.12. The molecule has 0 amide bonds. The maximum atomic E-state index is 13.2. The third-order valence-corrected chi connectivity index (χ3v) is 10.8. The third kappa shape index (κ3) is 3.53. The van der Waals surface area contributed by atoms with E-state index in [0.29, 0.717) is 18.1 Å². The fourth-order valence-electron chi connectivity index (χ4n) is 3.40. The summed E-state index contributed by atoms with van der Waals surface area (Å²) in [7, 11) is -1.86. The van der Waals surface area contributed by atoms with E-state index in [1.54, 1.807) is 6.07 Å². The van der Waals surface area contributed by atoms with E-state index >= 15 is 0 Å². The van der Waals surface area contributed by atoms with Crippen molar-refractivity contribution in [2.45, 2.75) is 64.5 Å². The lowest BCUT2D eigenvalue weighted by atomic mass is 10.1. The van der Waals surface area contributed by atoms with Crippen molar-refractivity contribution in [1.29, 1.82) is 0 Å². The number of aliphatic imine (C=N–C) groups is 1. The Morgan fingerprint density at radius 2 is 1.71 bits per heavy atom. The van der Waals surface area contributed by atoms with Crippen molar-refractivity contribution >= 4 is 19.2 Å². The van der Waals surface area contributed by atoms with Crippen LogP contribution in [0.15, 0.2) is 23.2 Å². The Bertz CT molecular complexity index is 625. The molecule has 1 heterocycles. The van der Waals surface area contributed by atoms with E-state index in [2.05, 4.69) is 25.8 Å².